The Morgan fingerprint density at radius 1 is 1.24 bits per heavy atom. The van der Waals surface area contributed by atoms with Crippen molar-refractivity contribution < 1.29 is 9.50 Å². The van der Waals surface area contributed by atoms with Crippen LogP contribution in [0.1, 0.15) is 5.56 Å². The van der Waals surface area contributed by atoms with E-state index in [4.69, 9.17) is 0 Å². The van der Waals surface area contributed by atoms with Crippen LogP contribution >= 0.6 is 0 Å². The van der Waals surface area contributed by atoms with E-state index in [-0.39, 0.29) is 23.1 Å². The Bertz CT molecular complexity index is 750. The Labute approximate surface area is 123 Å². The third kappa shape index (κ3) is 3.36. The molecule has 1 aromatic carbocycles. The number of nitrogens with one attached hydrogen (secondary N) is 1. The van der Waals surface area contributed by atoms with E-state index in [0.717, 1.165) is 10.1 Å². The second-order valence-corrected chi connectivity index (χ2v) is 6.80. The summed E-state index contributed by atoms with van der Waals surface area (Å²) in [6, 6.07) is 5.92. The van der Waals surface area contributed by atoms with Crippen LogP contribution in [0.2, 0.25) is 0 Å². The molecule has 0 radical (unpaired) electrons. The van der Waals surface area contributed by atoms with E-state index in [0.29, 0.717) is 6.42 Å². The molecule has 0 aliphatic carbocycles. The summed E-state index contributed by atoms with van der Waals surface area (Å²) in [5.41, 5.74) is -0.361. The molecule has 112 valence electrons. The van der Waals surface area contributed by atoms with Crippen molar-refractivity contribution in [2.24, 2.45) is 0 Å². The average molecular weight is 311 g/mol. The first kappa shape index (κ1) is 15.4. The van der Waals surface area contributed by atoms with Gasteiger partial charge in [0.15, 0.2) is 0 Å². The number of H-pyrrole nitrogens is 1. The maximum absolute atomic E-state index is 12.8. The van der Waals surface area contributed by atoms with Crippen molar-refractivity contribution in [3.05, 3.63) is 56.5 Å². The van der Waals surface area contributed by atoms with Crippen molar-refractivity contribution in [2.75, 3.05) is 12.5 Å². The molecule has 2 N–H and O–H groups in total. The summed E-state index contributed by atoms with van der Waals surface area (Å²) >= 11 is 0. The van der Waals surface area contributed by atoms with Gasteiger partial charge in [-0.25, -0.2) is 9.18 Å². The van der Waals surface area contributed by atoms with Gasteiger partial charge in [0, 0.05) is 17.4 Å². The summed E-state index contributed by atoms with van der Waals surface area (Å²) in [6.45, 7) is 0.206. The monoisotopic (exact) mass is 311 g/mol. The van der Waals surface area contributed by atoms with Gasteiger partial charge in [-0.15, -0.1) is 0 Å². The van der Waals surface area contributed by atoms with Crippen LogP contribution in [0.5, 0.6) is 5.88 Å². The average Bonchev–Trinajstić information content (AvgIpc) is 2.39. The quantitative estimate of drug-likeness (QED) is 0.823. The minimum absolute atomic E-state index is 0.206. The second-order valence-electron chi connectivity index (χ2n) is 4.76. The molecule has 0 saturated heterocycles. The van der Waals surface area contributed by atoms with Crippen LogP contribution < -0.4 is 11.2 Å². The number of hydrogen-bond acceptors (Lipinski definition) is 3. The lowest BCUT2D eigenvalue weighted by molar-refractivity contribution is 0.385. The first-order valence-electron chi connectivity index (χ1n) is 6.28. The van der Waals surface area contributed by atoms with Gasteiger partial charge in [-0.05, 0) is 24.1 Å². The number of aromatic amines is 1. The van der Waals surface area contributed by atoms with E-state index in [1.54, 1.807) is 24.6 Å². The van der Waals surface area contributed by atoms with Crippen LogP contribution in [0.3, 0.4) is 0 Å². The van der Waals surface area contributed by atoms with Gasteiger partial charge in [0.2, 0.25) is 0 Å². The van der Waals surface area contributed by atoms with Gasteiger partial charge in [-0.1, -0.05) is 12.1 Å². The summed E-state index contributed by atoms with van der Waals surface area (Å²) in [6.07, 6.45) is 4.03. The van der Waals surface area contributed by atoms with Crippen molar-refractivity contribution in [1.82, 2.24) is 9.55 Å². The van der Waals surface area contributed by atoms with E-state index in [1.165, 1.54) is 12.1 Å². The number of aromatic hydroxyl groups is 1. The third-order valence-electron chi connectivity index (χ3n) is 3.08. The van der Waals surface area contributed by atoms with Gasteiger partial charge in [-0.2, -0.15) is 0 Å². The molecule has 0 bridgehead atoms. The van der Waals surface area contributed by atoms with E-state index in [1.807, 2.05) is 0 Å². The highest BCUT2D eigenvalue weighted by molar-refractivity contribution is 7.95. The fraction of sp³-hybridized carbons (Fsp3) is 0.286. The smallest absolute Gasteiger partial charge is 0.331 e. The minimum atomic E-state index is -0.645. The standard InChI is InChI=1S/C14H15FN2O3S/c1-21(2)11-12(18)16-14(20)17(13(11)19)8-7-9-3-5-10(15)6-4-9/h3-6H,7-8H2,1-2H3,(H-,16,18,19,20)/p+1. The predicted molar refractivity (Wildman–Crippen MR) is 80.6 cm³/mol. The third-order valence-corrected chi connectivity index (χ3v) is 4.26. The molecule has 0 atom stereocenters. The summed E-state index contributed by atoms with van der Waals surface area (Å²) in [7, 11) is -0.475. The Balaban J connectivity index is 2.32. The molecule has 1 heterocycles. The van der Waals surface area contributed by atoms with Gasteiger partial charge in [0.25, 0.3) is 10.8 Å². The lowest BCUT2D eigenvalue weighted by atomic mass is 10.1. The van der Waals surface area contributed by atoms with Gasteiger partial charge in [0.1, 0.15) is 18.3 Å². The van der Waals surface area contributed by atoms with Gasteiger partial charge in [-0.3, -0.25) is 14.3 Å². The van der Waals surface area contributed by atoms with Crippen molar-refractivity contribution in [2.45, 2.75) is 17.9 Å². The Morgan fingerprint density at radius 2 is 1.86 bits per heavy atom. The zero-order valence-corrected chi connectivity index (χ0v) is 12.5. The van der Waals surface area contributed by atoms with Crippen LogP contribution in [0.25, 0.3) is 0 Å². The Kier molecular flexibility index (Phi) is 4.52. The second kappa shape index (κ2) is 6.17. The molecular formula is C14H16FN2O3S+. The highest BCUT2D eigenvalue weighted by Crippen LogP contribution is 2.16. The highest BCUT2D eigenvalue weighted by Gasteiger charge is 2.24. The van der Waals surface area contributed by atoms with Gasteiger partial charge >= 0.3 is 11.2 Å². The largest absolute Gasteiger partial charge is 0.491 e. The number of aromatic nitrogens is 2. The molecule has 0 fully saturated rings. The predicted octanol–water partition coefficient (Wildman–Crippen LogP) is 0.861. The molecule has 2 aromatic rings. The van der Waals surface area contributed by atoms with E-state index < -0.39 is 22.1 Å². The molecule has 7 heteroatoms. The minimum Gasteiger partial charge on any atom is -0.491 e. The number of aryl methyl sites for hydroxylation is 1. The summed E-state index contributed by atoms with van der Waals surface area (Å²) in [5, 5.41) is 10.1. The van der Waals surface area contributed by atoms with Gasteiger partial charge < -0.3 is 5.11 Å². The highest BCUT2D eigenvalue weighted by atomic mass is 32.2. The van der Waals surface area contributed by atoms with Crippen LogP contribution in [0.15, 0.2) is 38.8 Å². The molecule has 0 spiro atoms. The maximum Gasteiger partial charge on any atom is 0.331 e. The molecule has 0 unspecified atom stereocenters. The lowest BCUT2D eigenvalue weighted by Crippen LogP contribution is -2.33. The number of rotatable bonds is 4. The Hall–Kier alpha value is -2.02. The van der Waals surface area contributed by atoms with Crippen molar-refractivity contribution in [3.63, 3.8) is 0 Å². The molecule has 2 rings (SSSR count). The molecule has 21 heavy (non-hydrogen) atoms. The van der Waals surface area contributed by atoms with Crippen LogP contribution in [0, 0.1) is 5.82 Å². The Morgan fingerprint density at radius 3 is 2.43 bits per heavy atom. The van der Waals surface area contributed by atoms with E-state index in [2.05, 4.69) is 4.98 Å². The molecule has 1 aromatic heterocycles. The zero-order valence-electron chi connectivity index (χ0n) is 11.7. The fourth-order valence-electron chi connectivity index (χ4n) is 2.01. The first-order chi connectivity index (χ1) is 9.90. The summed E-state index contributed by atoms with van der Waals surface area (Å²) < 4.78 is 14.0. The summed E-state index contributed by atoms with van der Waals surface area (Å²) in [4.78, 5) is 25.9. The maximum atomic E-state index is 12.8. The first-order valence-corrected chi connectivity index (χ1v) is 8.32. The normalized spacial score (nSPS) is 11.0. The molecule has 0 aliphatic rings. The number of benzene rings is 1. The van der Waals surface area contributed by atoms with Crippen LogP contribution in [-0.2, 0) is 23.9 Å². The van der Waals surface area contributed by atoms with Crippen molar-refractivity contribution in [3.8, 4) is 5.88 Å². The van der Waals surface area contributed by atoms with Gasteiger partial charge in [0.05, 0.1) is 0 Å². The van der Waals surface area contributed by atoms with E-state index >= 15 is 0 Å². The van der Waals surface area contributed by atoms with Crippen molar-refractivity contribution >= 4 is 10.9 Å². The SMILES string of the molecule is C[S+](C)c1c(O)n(CCc2ccc(F)cc2)c(=O)[nH]c1=O. The van der Waals surface area contributed by atoms with E-state index in [9.17, 15) is 19.1 Å². The molecule has 0 amide bonds. The van der Waals surface area contributed by atoms with Crippen LogP contribution in [-0.4, -0.2) is 27.2 Å². The summed E-state index contributed by atoms with van der Waals surface area (Å²) in [5.74, 6) is -0.620. The number of halogens is 1. The number of hydrogen-bond donors (Lipinski definition) is 2. The molecule has 0 aliphatic heterocycles. The molecular weight excluding hydrogens is 295 g/mol. The lowest BCUT2D eigenvalue weighted by Gasteiger charge is -2.09. The topological polar surface area (TPSA) is 75.1 Å². The molecule has 0 saturated carbocycles. The van der Waals surface area contributed by atoms with Crippen molar-refractivity contribution in [1.29, 1.82) is 0 Å². The fourth-order valence-corrected chi connectivity index (χ4v) is 2.91. The zero-order chi connectivity index (χ0) is 15.6. The number of nitrogens with zero attached hydrogens (tertiary/aromatic N) is 1. The van der Waals surface area contributed by atoms with Crippen LogP contribution in [0.4, 0.5) is 4.39 Å². The molecule has 5 nitrogen and oxygen atoms in total.